The molecule has 1 aromatic rings. The third-order valence-corrected chi connectivity index (χ3v) is 20.8. The molecule has 0 radical (unpaired) electrons. The molecule has 0 spiro atoms. The Morgan fingerprint density at radius 2 is 0.370 bits per heavy atom. The Labute approximate surface area is 845 Å². The van der Waals surface area contributed by atoms with Gasteiger partial charge in [0.1, 0.15) is 112 Å². The van der Waals surface area contributed by atoms with Crippen LogP contribution in [0.3, 0.4) is 0 Å². The molecule has 0 bridgehead atoms. The van der Waals surface area contributed by atoms with Crippen LogP contribution in [0, 0.1) is 32.5 Å². The number of rotatable bonds is 87. The second-order valence-electron chi connectivity index (χ2n) is 33.2. The van der Waals surface area contributed by atoms with Crippen LogP contribution in [-0.2, 0) is 196 Å². The van der Waals surface area contributed by atoms with Crippen molar-refractivity contribution in [1.82, 2.24) is 19.0 Å². The summed E-state index contributed by atoms with van der Waals surface area (Å²) in [7, 11) is 0. The second-order valence-corrected chi connectivity index (χ2v) is 33.2. The van der Waals surface area contributed by atoms with Gasteiger partial charge in [-0.1, -0.05) is 150 Å². The molecule has 1 atom stereocenters. The summed E-state index contributed by atoms with van der Waals surface area (Å²) < 4.78 is 119. The van der Waals surface area contributed by atoms with Gasteiger partial charge in [0, 0.05) is 124 Å². The van der Waals surface area contributed by atoms with Crippen molar-refractivity contribution in [2.75, 3.05) is 172 Å². The summed E-state index contributed by atoms with van der Waals surface area (Å²) in [6, 6.07) is 0. The Bertz CT molecular complexity index is 4410. The third-order valence-electron chi connectivity index (χ3n) is 20.8. The fraction of sp³-hybridized carbons (Fsp3) is 0.505. The van der Waals surface area contributed by atoms with Gasteiger partial charge in [0.05, 0.1) is 85.3 Å². The fourth-order valence-electron chi connectivity index (χ4n) is 12.5. The van der Waals surface area contributed by atoms with E-state index in [9.17, 15) is 95.9 Å². The molecule has 0 aliphatic heterocycles. The van der Waals surface area contributed by atoms with Crippen LogP contribution in [0.4, 0.5) is 4.79 Å². The van der Waals surface area contributed by atoms with Crippen molar-refractivity contribution in [3.8, 4) is 0 Å². The van der Waals surface area contributed by atoms with Gasteiger partial charge in [-0.2, -0.15) is 0 Å². The first-order valence-electron chi connectivity index (χ1n) is 45.9. The van der Waals surface area contributed by atoms with Crippen molar-refractivity contribution in [2.45, 2.75) is 122 Å². The van der Waals surface area contributed by atoms with Crippen LogP contribution < -0.4 is 22.4 Å². The number of hydrogen-bond donors (Lipinski definition) is 1. The standard InChI is InChI=1S/C101H136N4O41/c1-16-51-126-52-96(59-130-76(106)17-2,53-127-54-97(61-131-77(107)18-3,62-132-78(108)19-4)63-133-79(109)20-5)60-144-90(120)45-39-33-31-36-42-48-103-93(123)104(49-43-37-32-34-40-46-91(121)145-74-100(70-140-86(116)27-12,71-141-87(117)28-13)57-128-55-98(64-134-80(110)21-6,65-135-81(111)22-7)66-136-82(112)23-8)95(125)105(94(103)124)50-44-38-35-41-47-102-92(122)146-75-101(72-142-88(118)29-14,73-143-89(119)30-15)58-129-56-99(67-137-83(113)24-9,68-138-84(114)25-10)69-139-85(115)26-11/h16-30H,1-15,31-75H2,(H,102,122). The predicted molar refractivity (Wildman–Crippen MR) is 519 cm³/mol. The molecule has 0 aliphatic rings. The number of esters is 16. The third kappa shape index (κ3) is 53.5. The molecule has 0 fully saturated rings. The van der Waals surface area contributed by atoms with Crippen LogP contribution in [0.5, 0.6) is 0 Å². The van der Waals surface area contributed by atoms with Gasteiger partial charge in [-0.15, -0.1) is 6.58 Å². The topological polar surface area (TPSA) is 562 Å². The number of ether oxygens (including phenoxy) is 21. The normalized spacial score (nSPS) is 11.5. The van der Waals surface area contributed by atoms with Crippen molar-refractivity contribution in [1.29, 1.82) is 0 Å². The first-order chi connectivity index (χ1) is 69.7. The molecule has 1 N–H and O–H groups in total. The van der Waals surface area contributed by atoms with Gasteiger partial charge in [-0.05, 0) is 38.5 Å². The summed E-state index contributed by atoms with van der Waals surface area (Å²) in [6.45, 7) is 36.7. The molecule has 1 rings (SSSR count). The Morgan fingerprint density at radius 1 is 0.205 bits per heavy atom. The van der Waals surface area contributed by atoms with Crippen molar-refractivity contribution in [3.63, 3.8) is 0 Å². The molecule has 45 heteroatoms. The second kappa shape index (κ2) is 73.2. The highest BCUT2D eigenvalue weighted by Gasteiger charge is 2.45. The summed E-state index contributed by atoms with van der Waals surface area (Å²) in [5, 5.41) is 2.59. The lowest BCUT2D eigenvalue weighted by Crippen LogP contribution is -2.54. The molecule has 0 aromatic carbocycles. The van der Waals surface area contributed by atoms with Crippen molar-refractivity contribution in [2.24, 2.45) is 32.5 Å². The van der Waals surface area contributed by atoms with E-state index in [2.05, 4.69) is 104 Å². The van der Waals surface area contributed by atoms with E-state index in [0.29, 0.717) is 51.4 Å². The van der Waals surface area contributed by atoms with Gasteiger partial charge in [0.25, 0.3) is 0 Å². The Balaban J connectivity index is 3.75. The van der Waals surface area contributed by atoms with E-state index in [0.717, 1.165) is 98.8 Å². The number of aromatic nitrogens is 3. The molecule has 0 saturated carbocycles. The molecular formula is C101H136N4O41. The number of unbranched alkanes of at least 4 members (excludes halogenated alkanes) is 11. The lowest BCUT2D eigenvalue weighted by molar-refractivity contribution is -0.174. The number of alkyl carbamates (subject to hydrolysis) is 1. The van der Waals surface area contributed by atoms with Crippen LogP contribution in [0.15, 0.2) is 204 Å². The summed E-state index contributed by atoms with van der Waals surface area (Å²) in [5.41, 5.74) is -12.6. The molecule has 146 heavy (non-hydrogen) atoms. The van der Waals surface area contributed by atoms with E-state index in [1.54, 1.807) is 0 Å². The molecule has 1 unspecified atom stereocenters. The van der Waals surface area contributed by atoms with Gasteiger partial charge in [0.2, 0.25) is 0 Å². The van der Waals surface area contributed by atoms with E-state index < -0.39 is 303 Å². The number of amides is 1. The smallest absolute Gasteiger partial charge is 0.407 e. The summed E-state index contributed by atoms with van der Waals surface area (Å²) in [6.07, 6.45) is 16.5. The van der Waals surface area contributed by atoms with Crippen LogP contribution >= 0.6 is 0 Å². The monoisotopic (exact) mass is 2060 g/mol. The maximum absolute atomic E-state index is 14.4. The van der Waals surface area contributed by atoms with Gasteiger partial charge >= 0.3 is 119 Å². The van der Waals surface area contributed by atoms with Gasteiger partial charge in [0.15, 0.2) is 0 Å². The number of carbonyl (C=O) groups is 17. The largest absolute Gasteiger partial charge is 0.465 e. The zero-order valence-corrected chi connectivity index (χ0v) is 82.7. The highest BCUT2D eigenvalue weighted by molar-refractivity contribution is 5.86. The van der Waals surface area contributed by atoms with E-state index in [1.807, 2.05) is 0 Å². The van der Waals surface area contributed by atoms with Crippen LogP contribution in [-0.4, -0.2) is 287 Å². The molecule has 806 valence electrons. The average molecular weight is 2060 g/mol. The molecule has 0 saturated heterocycles. The maximum atomic E-state index is 14.4. The van der Waals surface area contributed by atoms with Gasteiger partial charge in [-0.25, -0.2) is 100 Å². The van der Waals surface area contributed by atoms with Gasteiger partial charge < -0.3 is 105 Å². The van der Waals surface area contributed by atoms with Crippen molar-refractivity contribution in [3.05, 3.63) is 221 Å². The minimum absolute atomic E-state index is 0.0262. The highest BCUT2D eigenvalue weighted by Crippen LogP contribution is 2.31. The Kier molecular flexibility index (Phi) is 64.8. The molecule has 0 aliphatic carbocycles. The van der Waals surface area contributed by atoms with E-state index in [1.165, 1.54) is 6.08 Å². The Hall–Kier alpha value is -14.9. The molecule has 1 amide bonds. The highest BCUT2D eigenvalue weighted by atomic mass is 16.6. The van der Waals surface area contributed by atoms with E-state index in [4.69, 9.17) is 99.5 Å². The zero-order valence-electron chi connectivity index (χ0n) is 82.7. The van der Waals surface area contributed by atoms with Gasteiger partial charge in [-0.3, -0.25) is 9.59 Å². The van der Waals surface area contributed by atoms with Crippen molar-refractivity contribution >= 4 is 102 Å². The first kappa shape index (κ1) is 129. The van der Waals surface area contributed by atoms with Crippen LogP contribution in [0.1, 0.15) is 103 Å². The fourth-order valence-corrected chi connectivity index (χ4v) is 12.5. The van der Waals surface area contributed by atoms with E-state index >= 15 is 0 Å². The number of nitrogens with one attached hydrogen (secondary N) is 1. The SMILES string of the molecule is C=CCOCC(COCC(COC(=O)C=C)(COC(=O)C=C)COC(=O)C=C)(COC(=O)C=C)COC(=O)CCCCCCCn1c(=O)n(CCCCCCCC(=O)OCC(COCC(COC(=O)C=C)(COC(=O)C=C)COC(=O)C=C)(COC(=O)C=C)COC(=O)C=C)c(=O)n(CCCCCCNC(=O)OCC(COCC(COC(=O)C=C)(COC(=O)C=C)COC(=O)C=C)(COC(=O)C=C)COC(=O)C=C)c1=O. The number of nitrogens with zero attached hydrogens (tertiary/aromatic N) is 3. The summed E-state index contributed by atoms with van der Waals surface area (Å²) in [5.74, 6) is -14.4. The quantitative estimate of drug-likeness (QED) is 0.0236. The van der Waals surface area contributed by atoms with Crippen molar-refractivity contribution < 1.29 is 181 Å². The number of hydrogen-bond acceptors (Lipinski definition) is 41. The predicted octanol–water partition coefficient (Wildman–Crippen LogP) is 6.61. The minimum atomic E-state index is -1.75. The molecule has 1 heterocycles. The lowest BCUT2D eigenvalue weighted by Gasteiger charge is -2.35. The molecule has 1 aromatic heterocycles. The summed E-state index contributed by atoms with van der Waals surface area (Å²) >= 11 is 0. The minimum Gasteiger partial charge on any atom is -0.465 e. The zero-order chi connectivity index (χ0) is 109. The average Bonchev–Trinajstić information content (AvgIpc) is 0.781. The molecule has 45 nitrogen and oxygen atoms in total. The van der Waals surface area contributed by atoms with Crippen LogP contribution in [0.25, 0.3) is 0 Å². The Morgan fingerprint density at radius 3 is 0.568 bits per heavy atom. The summed E-state index contributed by atoms with van der Waals surface area (Å²) in [4.78, 5) is 258. The van der Waals surface area contributed by atoms with Crippen LogP contribution in [0.2, 0.25) is 0 Å². The first-order valence-corrected chi connectivity index (χ1v) is 45.9. The molecular weight excluding hydrogens is 1930 g/mol. The maximum Gasteiger partial charge on any atom is 0.407 e. The van der Waals surface area contributed by atoms with E-state index in [-0.39, 0.29) is 90.8 Å². The number of carbonyl (C=O) groups excluding carboxylic acids is 17. The lowest BCUT2D eigenvalue weighted by atomic mass is 9.90.